The molecule has 1 aromatic carbocycles. The molecule has 0 bridgehead atoms. The Hall–Kier alpha value is -0.820. The zero-order valence-corrected chi connectivity index (χ0v) is 13.8. The molecule has 1 aliphatic rings. The van der Waals surface area contributed by atoms with Crippen LogP contribution in [0.3, 0.4) is 0 Å². The van der Waals surface area contributed by atoms with Crippen LogP contribution in [-0.2, 0) is 0 Å². The molecule has 20 heavy (non-hydrogen) atoms. The molecule has 112 valence electrons. The molecule has 1 aromatic rings. The van der Waals surface area contributed by atoms with Crippen LogP contribution in [0.5, 0.6) is 0 Å². The lowest BCUT2D eigenvalue weighted by molar-refractivity contribution is 0.161. The minimum atomic E-state index is 0.452. The maximum Gasteiger partial charge on any atom is 0.0297 e. The third-order valence-corrected chi connectivity index (χ3v) is 5.14. The van der Waals surface area contributed by atoms with E-state index in [0.29, 0.717) is 12.1 Å². The summed E-state index contributed by atoms with van der Waals surface area (Å²) in [5, 5.41) is 3.94. The first kappa shape index (κ1) is 15.6. The van der Waals surface area contributed by atoms with Crippen LogP contribution < -0.4 is 5.32 Å². The first-order valence-corrected chi connectivity index (χ1v) is 8.30. The Morgan fingerprint density at radius 3 is 2.45 bits per heavy atom. The highest BCUT2D eigenvalue weighted by Crippen LogP contribution is 2.34. The molecule has 0 saturated heterocycles. The molecule has 0 radical (unpaired) electrons. The molecule has 1 nitrogen and oxygen atoms in total. The summed E-state index contributed by atoms with van der Waals surface area (Å²) >= 11 is 0. The van der Waals surface area contributed by atoms with Gasteiger partial charge < -0.3 is 5.32 Å². The Kier molecular flexibility index (Phi) is 5.26. The third kappa shape index (κ3) is 3.63. The average Bonchev–Trinajstić information content (AvgIpc) is 2.38. The number of nitrogens with one attached hydrogen (secondary N) is 1. The molecule has 3 unspecified atom stereocenters. The fraction of sp³-hybridized carbons (Fsp3) is 0.684. The van der Waals surface area contributed by atoms with E-state index in [1.165, 1.54) is 30.4 Å². The fourth-order valence-corrected chi connectivity index (χ4v) is 3.88. The molecular weight excluding hydrogens is 242 g/mol. The van der Waals surface area contributed by atoms with Crippen molar-refractivity contribution in [2.45, 2.75) is 66.0 Å². The van der Waals surface area contributed by atoms with Crippen LogP contribution in [0.4, 0.5) is 0 Å². The van der Waals surface area contributed by atoms with Crippen LogP contribution in [0, 0.1) is 24.7 Å². The summed E-state index contributed by atoms with van der Waals surface area (Å²) in [7, 11) is 0. The minimum absolute atomic E-state index is 0.452. The second-order valence-electron chi connectivity index (χ2n) is 7.18. The summed E-state index contributed by atoms with van der Waals surface area (Å²) < 4.78 is 0. The van der Waals surface area contributed by atoms with Crippen molar-refractivity contribution in [1.29, 1.82) is 0 Å². The predicted molar refractivity (Wildman–Crippen MR) is 87.9 cm³/mol. The van der Waals surface area contributed by atoms with Crippen LogP contribution in [-0.4, -0.2) is 6.04 Å². The summed E-state index contributed by atoms with van der Waals surface area (Å²) in [6, 6.07) is 9.90. The van der Waals surface area contributed by atoms with Crippen LogP contribution in [0.15, 0.2) is 24.3 Å². The van der Waals surface area contributed by atoms with E-state index in [0.717, 1.165) is 17.8 Å². The predicted octanol–water partition coefficient (Wildman–Crippen LogP) is 5.11. The Morgan fingerprint density at radius 2 is 1.80 bits per heavy atom. The highest BCUT2D eigenvalue weighted by Gasteiger charge is 2.31. The molecule has 2 rings (SSSR count). The summed E-state index contributed by atoms with van der Waals surface area (Å²) in [6.07, 6.45) is 4.12. The molecule has 0 aliphatic heterocycles. The standard InChI is InChI=1S/C19H31N/c1-13(2)17-11-10-14(3)12-19(17)20-16(5)18-9-7-6-8-15(18)4/h6-9,13-14,16-17,19-20H,10-12H2,1-5H3/t14?,16-,17?,19?/m0/s1. The second-order valence-corrected chi connectivity index (χ2v) is 7.18. The van der Waals surface area contributed by atoms with Gasteiger partial charge >= 0.3 is 0 Å². The van der Waals surface area contributed by atoms with Crippen LogP contribution in [0.1, 0.15) is 64.1 Å². The Morgan fingerprint density at radius 1 is 1.10 bits per heavy atom. The zero-order chi connectivity index (χ0) is 14.7. The summed E-state index contributed by atoms with van der Waals surface area (Å²) in [4.78, 5) is 0. The fourth-order valence-electron chi connectivity index (χ4n) is 3.88. The van der Waals surface area contributed by atoms with Gasteiger partial charge in [0.05, 0.1) is 0 Å². The van der Waals surface area contributed by atoms with Crippen molar-refractivity contribution >= 4 is 0 Å². The number of rotatable bonds is 4. The lowest BCUT2D eigenvalue weighted by Crippen LogP contribution is -2.43. The van der Waals surface area contributed by atoms with E-state index in [1.54, 1.807) is 0 Å². The molecule has 1 heteroatoms. The van der Waals surface area contributed by atoms with Gasteiger partial charge in [0.25, 0.3) is 0 Å². The van der Waals surface area contributed by atoms with Crippen molar-refractivity contribution in [3.8, 4) is 0 Å². The molecule has 1 N–H and O–H groups in total. The van der Waals surface area contributed by atoms with Crippen LogP contribution in [0.25, 0.3) is 0 Å². The van der Waals surface area contributed by atoms with Crippen molar-refractivity contribution in [3.05, 3.63) is 35.4 Å². The quantitative estimate of drug-likeness (QED) is 0.804. The lowest BCUT2D eigenvalue weighted by atomic mass is 9.73. The normalized spacial score (nSPS) is 28.6. The molecule has 0 aromatic heterocycles. The van der Waals surface area contributed by atoms with Gasteiger partial charge in [0.2, 0.25) is 0 Å². The Bertz CT molecular complexity index is 424. The van der Waals surface area contributed by atoms with Gasteiger partial charge in [-0.05, 0) is 55.6 Å². The van der Waals surface area contributed by atoms with Crippen molar-refractivity contribution in [1.82, 2.24) is 5.32 Å². The summed E-state index contributed by atoms with van der Waals surface area (Å²) in [6.45, 7) is 11.7. The molecule has 0 spiro atoms. The molecular formula is C19H31N. The molecule has 4 atom stereocenters. The zero-order valence-electron chi connectivity index (χ0n) is 13.8. The van der Waals surface area contributed by atoms with E-state index < -0.39 is 0 Å². The van der Waals surface area contributed by atoms with Crippen LogP contribution in [0.2, 0.25) is 0 Å². The van der Waals surface area contributed by atoms with Crippen molar-refractivity contribution < 1.29 is 0 Å². The SMILES string of the molecule is Cc1ccccc1[C@H](C)NC1CC(C)CCC1C(C)C. The second kappa shape index (κ2) is 6.76. The van der Waals surface area contributed by atoms with E-state index in [2.05, 4.69) is 64.2 Å². The first-order valence-electron chi connectivity index (χ1n) is 8.30. The number of aryl methyl sites for hydroxylation is 1. The molecule has 0 amide bonds. The van der Waals surface area contributed by atoms with E-state index in [4.69, 9.17) is 0 Å². The molecule has 0 heterocycles. The van der Waals surface area contributed by atoms with Gasteiger partial charge in [-0.1, -0.05) is 51.5 Å². The smallest absolute Gasteiger partial charge is 0.0297 e. The van der Waals surface area contributed by atoms with Crippen molar-refractivity contribution in [2.24, 2.45) is 17.8 Å². The van der Waals surface area contributed by atoms with E-state index in [-0.39, 0.29) is 0 Å². The van der Waals surface area contributed by atoms with Crippen LogP contribution >= 0.6 is 0 Å². The highest BCUT2D eigenvalue weighted by atomic mass is 15.0. The maximum atomic E-state index is 3.94. The summed E-state index contributed by atoms with van der Waals surface area (Å²) in [5.74, 6) is 2.48. The third-order valence-electron chi connectivity index (χ3n) is 5.14. The van der Waals surface area contributed by atoms with Gasteiger partial charge in [-0.3, -0.25) is 0 Å². The topological polar surface area (TPSA) is 12.0 Å². The van der Waals surface area contributed by atoms with Gasteiger partial charge in [-0.15, -0.1) is 0 Å². The monoisotopic (exact) mass is 273 g/mol. The average molecular weight is 273 g/mol. The Labute approximate surface area is 125 Å². The van der Waals surface area contributed by atoms with Gasteiger partial charge in [-0.2, -0.15) is 0 Å². The van der Waals surface area contributed by atoms with E-state index in [1.807, 2.05) is 0 Å². The maximum absolute atomic E-state index is 3.94. The van der Waals surface area contributed by atoms with Gasteiger partial charge in [0.15, 0.2) is 0 Å². The number of benzene rings is 1. The molecule has 1 fully saturated rings. The summed E-state index contributed by atoms with van der Waals surface area (Å²) in [5.41, 5.74) is 2.85. The van der Waals surface area contributed by atoms with E-state index in [9.17, 15) is 0 Å². The first-order chi connectivity index (χ1) is 9.49. The Balaban J connectivity index is 2.08. The van der Waals surface area contributed by atoms with Gasteiger partial charge in [-0.25, -0.2) is 0 Å². The largest absolute Gasteiger partial charge is 0.307 e. The minimum Gasteiger partial charge on any atom is -0.307 e. The lowest BCUT2D eigenvalue weighted by Gasteiger charge is -2.39. The van der Waals surface area contributed by atoms with E-state index >= 15 is 0 Å². The van der Waals surface area contributed by atoms with Gasteiger partial charge in [0, 0.05) is 12.1 Å². The number of hydrogen-bond donors (Lipinski definition) is 1. The van der Waals surface area contributed by atoms with Crippen molar-refractivity contribution in [3.63, 3.8) is 0 Å². The number of hydrogen-bond acceptors (Lipinski definition) is 1. The molecule has 1 aliphatic carbocycles. The molecule has 1 saturated carbocycles. The highest BCUT2D eigenvalue weighted by molar-refractivity contribution is 5.28. The van der Waals surface area contributed by atoms with Gasteiger partial charge in [0.1, 0.15) is 0 Å². The van der Waals surface area contributed by atoms with Crippen molar-refractivity contribution in [2.75, 3.05) is 0 Å².